The Balaban J connectivity index is 1.81. The summed E-state index contributed by atoms with van der Waals surface area (Å²) in [6.07, 6.45) is 1.42. The maximum absolute atomic E-state index is 12.8. The van der Waals surface area contributed by atoms with E-state index in [1.807, 2.05) is 43.3 Å². The number of aliphatic carboxylic acids is 1. The Bertz CT molecular complexity index is 1430. The number of carboxylic acid groups (broad SMARTS) is 1. The van der Waals surface area contributed by atoms with E-state index in [0.717, 1.165) is 16.5 Å². The number of benzene rings is 2. The van der Waals surface area contributed by atoms with Crippen LogP contribution in [0.3, 0.4) is 0 Å². The summed E-state index contributed by atoms with van der Waals surface area (Å²) in [5.41, 5.74) is 3.87. The Labute approximate surface area is 190 Å². The van der Waals surface area contributed by atoms with E-state index in [2.05, 4.69) is 5.32 Å². The molecule has 0 aliphatic rings. The van der Waals surface area contributed by atoms with Crippen LogP contribution in [-0.4, -0.2) is 23.0 Å². The zero-order valence-corrected chi connectivity index (χ0v) is 18.9. The standard InChI is InChI=1S/C26H25NO6/c1-13(2)22(25(29)30)27-21(28)11-18-14(3)17-10-19-20(16-8-6-5-7-9-16)12-32-23(19)15(4)24(17)33-26(18)31/h5-10,12-13,22H,11H2,1-4H3,(H,27,28)(H,29,30). The van der Waals surface area contributed by atoms with Gasteiger partial charge in [0.15, 0.2) is 0 Å². The molecule has 4 rings (SSSR count). The van der Waals surface area contributed by atoms with Crippen molar-refractivity contribution in [2.75, 3.05) is 0 Å². The molecule has 7 heteroatoms. The Kier molecular flexibility index (Phi) is 5.80. The van der Waals surface area contributed by atoms with Crippen molar-refractivity contribution in [1.29, 1.82) is 0 Å². The Morgan fingerprint density at radius 1 is 1.03 bits per heavy atom. The van der Waals surface area contributed by atoms with Crippen LogP contribution in [0.15, 0.2) is 56.3 Å². The van der Waals surface area contributed by atoms with Crippen molar-refractivity contribution in [3.8, 4) is 11.1 Å². The maximum Gasteiger partial charge on any atom is 0.340 e. The molecule has 1 unspecified atom stereocenters. The van der Waals surface area contributed by atoms with Crippen molar-refractivity contribution < 1.29 is 23.5 Å². The minimum absolute atomic E-state index is 0.205. The van der Waals surface area contributed by atoms with Crippen molar-refractivity contribution in [3.05, 3.63) is 69.8 Å². The molecule has 33 heavy (non-hydrogen) atoms. The van der Waals surface area contributed by atoms with Gasteiger partial charge >= 0.3 is 11.6 Å². The van der Waals surface area contributed by atoms with E-state index in [1.165, 1.54) is 0 Å². The molecule has 7 nitrogen and oxygen atoms in total. The van der Waals surface area contributed by atoms with Gasteiger partial charge < -0.3 is 19.3 Å². The minimum atomic E-state index is -1.12. The minimum Gasteiger partial charge on any atom is -0.480 e. The summed E-state index contributed by atoms with van der Waals surface area (Å²) in [7, 11) is 0. The van der Waals surface area contributed by atoms with Crippen LogP contribution in [0.5, 0.6) is 0 Å². The largest absolute Gasteiger partial charge is 0.480 e. The van der Waals surface area contributed by atoms with Crippen LogP contribution < -0.4 is 10.9 Å². The van der Waals surface area contributed by atoms with Gasteiger partial charge in [-0.05, 0) is 37.0 Å². The highest BCUT2D eigenvalue weighted by Gasteiger charge is 2.25. The summed E-state index contributed by atoms with van der Waals surface area (Å²) < 4.78 is 11.4. The van der Waals surface area contributed by atoms with Crippen molar-refractivity contribution in [3.63, 3.8) is 0 Å². The molecule has 1 amide bonds. The van der Waals surface area contributed by atoms with Gasteiger partial charge in [0.05, 0.1) is 18.2 Å². The fourth-order valence-electron chi connectivity index (χ4n) is 4.14. The second-order valence-electron chi connectivity index (χ2n) is 8.57. The number of rotatable bonds is 6. The molecule has 0 bridgehead atoms. The third-order valence-corrected chi connectivity index (χ3v) is 6.01. The van der Waals surface area contributed by atoms with Gasteiger partial charge in [0, 0.05) is 21.9 Å². The zero-order chi connectivity index (χ0) is 23.9. The van der Waals surface area contributed by atoms with E-state index in [0.29, 0.717) is 27.7 Å². The molecule has 0 aliphatic heterocycles. The number of aryl methyl sites for hydroxylation is 2. The molecule has 0 saturated heterocycles. The molecular formula is C26H25NO6. The summed E-state index contributed by atoms with van der Waals surface area (Å²) in [4.78, 5) is 36.8. The lowest BCUT2D eigenvalue weighted by molar-refractivity contribution is -0.143. The van der Waals surface area contributed by atoms with E-state index >= 15 is 0 Å². The van der Waals surface area contributed by atoms with Gasteiger partial charge in [-0.1, -0.05) is 44.2 Å². The number of carbonyl (C=O) groups is 2. The van der Waals surface area contributed by atoms with E-state index in [1.54, 1.807) is 27.0 Å². The molecule has 1 atom stereocenters. The smallest absolute Gasteiger partial charge is 0.340 e. The lowest BCUT2D eigenvalue weighted by atomic mass is 9.97. The lowest BCUT2D eigenvalue weighted by Crippen LogP contribution is -2.45. The molecule has 2 aromatic heterocycles. The first-order valence-corrected chi connectivity index (χ1v) is 10.7. The van der Waals surface area contributed by atoms with Crippen LogP contribution in [0, 0.1) is 19.8 Å². The van der Waals surface area contributed by atoms with Gasteiger partial charge in [-0.3, -0.25) is 4.79 Å². The van der Waals surface area contributed by atoms with E-state index < -0.39 is 23.5 Å². The average molecular weight is 447 g/mol. The molecule has 0 aliphatic carbocycles. The van der Waals surface area contributed by atoms with Crippen molar-refractivity contribution in [2.24, 2.45) is 5.92 Å². The fraction of sp³-hybridized carbons (Fsp3) is 0.269. The number of hydrogen-bond acceptors (Lipinski definition) is 5. The summed E-state index contributed by atoms with van der Waals surface area (Å²) in [5, 5.41) is 13.4. The fourth-order valence-corrected chi connectivity index (χ4v) is 4.14. The molecule has 0 saturated carbocycles. The van der Waals surface area contributed by atoms with Crippen LogP contribution in [0.1, 0.15) is 30.5 Å². The molecule has 2 heterocycles. The summed E-state index contributed by atoms with van der Waals surface area (Å²) in [6.45, 7) is 7.01. The van der Waals surface area contributed by atoms with Crippen LogP contribution in [0.25, 0.3) is 33.1 Å². The Morgan fingerprint density at radius 3 is 2.36 bits per heavy atom. The molecular weight excluding hydrogens is 422 g/mol. The van der Waals surface area contributed by atoms with Crippen molar-refractivity contribution in [1.82, 2.24) is 5.32 Å². The van der Waals surface area contributed by atoms with Crippen LogP contribution >= 0.6 is 0 Å². The second kappa shape index (κ2) is 8.58. The Morgan fingerprint density at radius 2 is 1.73 bits per heavy atom. The number of carboxylic acids is 1. The van der Waals surface area contributed by atoms with E-state index in [4.69, 9.17) is 8.83 Å². The van der Waals surface area contributed by atoms with E-state index in [-0.39, 0.29) is 17.9 Å². The number of amides is 1. The number of nitrogens with one attached hydrogen (secondary N) is 1. The molecule has 4 aromatic rings. The zero-order valence-electron chi connectivity index (χ0n) is 18.9. The quantitative estimate of drug-likeness (QED) is 0.418. The summed E-state index contributed by atoms with van der Waals surface area (Å²) >= 11 is 0. The molecule has 2 aromatic carbocycles. The highest BCUT2D eigenvalue weighted by molar-refractivity contribution is 6.05. The predicted molar refractivity (Wildman–Crippen MR) is 125 cm³/mol. The second-order valence-corrected chi connectivity index (χ2v) is 8.57. The van der Waals surface area contributed by atoms with Crippen molar-refractivity contribution >= 4 is 33.8 Å². The SMILES string of the molecule is Cc1c(CC(=O)NC(C(=O)O)C(C)C)c(=O)oc2c(C)c3occ(-c4ccccc4)c3cc12. The van der Waals surface area contributed by atoms with Crippen LogP contribution in [0.2, 0.25) is 0 Å². The van der Waals surface area contributed by atoms with Gasteiger partial charge in [-0.2, -0.15) is 0 Å². The molecule has 170 valence electrons. The van der Waals surface area contributed by atoms with Crippen molar-refractivity contribution in [2.45, 2.75) is 40.2 Å². The average Bonchev–Trinajstić information content (AvgIpc) is 3.20. The first-order chi connectivity index (χ1) is 15.7. The molecule has 0 radical (unpaired) electrons. The normalized spacial score (nSPS) is 12.4. The highest BCUT2D eigenvalue weighted by Crippen LogP contribution is 2.37. The van der Waals surface area contributed by atoms with Gasteiger partial charge in [0.2, 0.25) is 5.91 Å². The number of carbonyl (C=O) groups excluding carboxylic acids is 1. The lowest BCUT2D eigenvalue weighted by Gasteiger charge is -2.18. The third kappa shape index (κ3) is 4.02. The monoisotopic (exact) mass is 447 g/mol. The number of hydrogen-bond donors (Lipinski definition) is 2. The van der Waals surface area contributed by atoms with Crippen LogP contribution in [0.4, 0.5) is 0 Å². The van der Waals surface area contributed by atoms with E-state index in [9.17, 15) is 19.5 Å². The number of furan rings is 1. The Hall–Kier alpha value is -3.87. The highest BCUT2D eigenvalue weighted by atomic mass is 16.4. The summed E-state index contributed by atoms with van der Waals surface area (Å²) in [5.74, 6) is -1.96. The third-order valence-electron chi connectivity index (χ3n) is 6.01. The predicted octanol–water partition coefficient (Wildman–Crippen LogP) is 4.59. The first kappa shape index (κ1) is 22.3. The first-order valence-electron chi connectivity index (χ1n) is 10.7. The van der Waals surface area contributed by atoms with Gasteiger partial charge in [-0.25, -0.2) is 9.59 Å². The molecule has 0 spiro atoms. The number of fused-ring (bicyclic) bond motifs is 2. The summed E-state index contributed by atoms with van der Waals surface area (Å²) in [6, 6.07) is 10.7. The topological polar surface area (TPSA) is 110 Å². The van der Waals surface area contributed by atoms with Gasteiger partial charge in [-0.15, -0.1) is 0 Å². The molecule has 2 N–H and O–H groups in total. The van der Waals surface area contributed by atoms with Crippen LogP contribution in [-0.2, 0) is 16.0 Å². The van der Waals surface area contributed by atoms with Gasteiger partial charge in [0.25, 0.3) is 0 Å². The molecule has 0 fully saturated rings. The van der Waals surface area contributed by atoms with Gasteiger partial charge in [0.1, 0.15) is 17.2 Å². The maximum atomic E-state index is 12.8.